The van der Waals surface area contributed by atoms with E-state index < -0.39 is 5.41 Å². The average Bonchev–Trinajstić information content (AvgIpc) is 3.58. The molecule has 1 N–H and O–H groups in total. The second-order valence-corrected chi connectivity index (χ2v) is 14.7. The van der Waals surface area contributed by atoms with Crippen LogP contribution < -0.4 is 10.2 Å². The zero-order valence-electron chi connectivity index (χ0n) is 31.2. The van der Waals surface area contributed by atoms with E-state index in [1.165, 1.54) is 0 Å². The number of amides is 3. The Labute approximate surface area is 317 Å². The Morgan fingerprint density at radius 3 is 2.23 bits per heavy atom. The molecule has 4 heterocycles. The SMILES string of the molecule is C#CCOCCOCCOCCOCCOCCCCn1c(CN2C(=O)C3(CCN(C(=O)NC(C)(C)C)CC3)c3ccncc32)nc2cc(Cl)ccc21. The molecule has 2 aliphatic heterocycles. The van der Waals surface area contributed by atoms with Crippen LogP contribution in [0.15, 0.2) is 36.7 Å². The molecule has 3 aromatic rings. The summed E-state index contributed by atoms with van der Waals surface area (Å²) in [5, 5.41) is 3.66. The molecule has 14 heteroatoms. The van der Waals surface area contributed by atoms with Gasteiger partial charge >= 0.3 is 6.03 Å². The summed E-state index contributed by atoms with van der Waals surface area (Å²) in [5.74, 6) is 3.22. The van der Waals surface area contributed by atoms with Crippen molar-refractivity contribution in [2.24, 2.45) is 0 Å². The molecule has 5 rings (SSSR count). The number of hydrogen-bond donors (Lipinski definition) is 1. The normalized spacial score (nSPS) is 15.3. The van der Waals surface area contributed by atoms with E-state index >= 15 is 0 Å². The number of halogens is 1. The van der Waals surface area contributed by atoms with Crippen molar-refractivity contribution in [3.8, 4) is 12.3 Å². The Kier molecular flexibility index (Phi) is 14.9. The van der Waals surface area contributed by atoms with Crippen LogP contribution in [0, 0.1) is 12.3 Å². The van der Waals surface area contributed by atoms with E-state index in [-0.39, 0.29) is 17.5 Å². The molecule has 0 radical (unpaired) electrons. The molecule has 1 aromatic carbocycles. The number of terminal acetylenes is 1. The van der Waals surface area contributed by atoms with Crippen LogP contribution >= 0.6 is 11.6 Å². The number of pyridine rings is 1. The fourth-order valence-corrected chi connectivity index (χ4v) is 6.94. The zero-order valence-corrected chi connectivity index (χ0v) is 32.0. The van der Waals surface area contributed by atoms with Crippen LogP contribution in [0.4, 0.5) is 10.5 Å². The molecule has 0 saturated carbocycles. The molecule has 0 atom stereocenters. The predicted molar refractivity (Wildman–Crippen MR) is 203 cm³/mol. The lowest BCUT2D eigenvalue weighted by molar-refractivity contribution is -0.124. The van der Waals surface area contributed by atoms with Crippen molar-refractivity contribution in [1.29, 1.82) is 0 Å². The van der Waals surface area contributed by atoms with E-state index in [9.17, 15) is 9.59 Å². The molecule has 2 aliphatic rings. The highest BCUT2D eigenvalue weighted by Crippen LogP contribution is 2.48. The summed E-state index contributed by atoms with van der Waals surface area (Å²) in [6, 6.07) is 7.57. The number of rotatable bonds is 20. The number of benzene rings is 1. The number of fused-ring (bicyclic) bond motifs is 3. The van der Waals surface area contributed by atoms with E-state index in [4.69, 9.17) is 46.7 Å². The highest BCUT2D eigenvalue weighted by atomic mass is 35.5. The third kappa shape index (κ3) is 10.9. The smallest absolute Gasteiger partial charge is 0.317 e. The number of aromatic nitrogens is 3. The third-order valence-corrected chi connectivity index (χ3v) is 9.56. The fraction of sp³-hybridized carbons (Fsp3) is 0.590. The van der Waals surface area contributed by atoms with Gasteiger partial charge < -0.3 is 43.4 Å². The van der Waals surface area contributed by atoms with E-state index in [1.54, 1.807) is 12.4 Å². The molecule has 288 valence electrons. The highest BCUT2D eigenvalue weighted by molar-refractivity contribution is 6.31. The minimum Gasteiger partial charge on any atom is -0.379 e. The Morgan fingerprint density at radius 1 is 0.943 bits per heavy atom. The van der Waals surface area contributed by atoms with Gasteiger partial charge in [0.15, 0.2) is 0 Å². The van der Waals surface area contributed by atoms with Crippen molar-refractivity contribution in [3.05, 3.63) is 53.1 Å². The van der Waals surface area contributed by atoms with E-state index in [1.807, 2.05) is 54.8 Å². The standard InChI is InChI=1S/C39H53ClN6O7/c1-5-17-49-19-21-51-23-25-53-26-24-52-22-20-50-18-7-6-14-45-33-9-8-30(40)27-32(33)42-35(45)29-46-34-28-41-13-10-31(34)39(36(46)47)11-15-44(16-12-39)37(48)43-38(2,3)4/h1,8-10,13,27-28H,6-7,11-12,14-26,29H2,2-4H3,(H,43,48). The Balaban J connectivity index is 1.09. The summed E-state index contributed by atoms with van der Waals surface area (Å²) in [6.07, 6.45) is 11.4. The van der Waals surface area contributed by atoms with Gasteiger partial charge in [0.2, 0.25) is 5.91 Å². The molecule has 13 nitrogen and oxygen atoms in total. The van der Waals surface area contributed by atoms with Crippen molar-refractivity contribution in [2.45, 2.75) is 70.5 Å². The van der Waals surface area contributed by atoms with Crippen molar-refractivity contribution >= 4 is 40.3 Å². The van der Waals surface area contributed by atoms with Crippen LogP contribution in [0.1, 0.15) is 57.8 Å². The van der Waals surface area contributed by atoms with Crippen LogP contribution in [-0.4, -0.2) is 116 Å². The predicted octanol–water partition coefficient (Wildman–Crippen LogP) is 4.97. The van der Waals surface area contributed by atoms with Crippen LogP contribution in [0.2, 0.25) is 5.02 Å². The first-order valence-corrected chi connectivity index (χ1v) is 18.8. The van der Waals surface area contributed by atoms with Crippen LogP contribution in [-0.2, 0) is 47.0 Å². The summed E-state index contributed by atoms with van der Waals surface area (Å²) in [5.41, 5.74) is 2.48. The minimum absolute atomic E-state index is 0.0302. The van der Waals surface area contributed by atoms with Gasteiger partial charge in [-0.1, -0.05) is 17.5 Å². The first-order chi connectivity index (χ1) is 25.6. The summed E-state index contributed by atoms with van der Waals surface area (Å²) in [7, 11) is 0. The number of ether oxygens (including phenoxy) is 5. The van der Waals surface area contributed by atoms with Crippen LogP contribution in [0.5, 0.6) is 0 Å². The van der Waals surface area contributed by atoms with Gasteiger partial charge in [0.05, 0.1) is 87.7 Å². The molecule has 1 saturated heterocycles. The Bertz CT molecular complexity index is 1700. The number of carbonyl (C=O) groups excluding carboxylic acids is 2. The van der Waals surface area contributed by atoms with Gasteiger partial charge in [0, 0.05) is 43.0 Å². The maximum absolute atomic E-state index is 14.4. The maximum Gasteiger partial charge on any atom is 0.317 e. The quantitative estimate of drug-likeness (QED) is 0.126. The molecule has 0 bridgehead atoms. The molecule has 3 amide bonds. The maximum atomic E-state index is 14.4. The van der Waals surface area contributed by atoms with Gasteiger partial charge in [-0.25, -0.2) is 9.78 Å². The summed E-state index contributed by atoms with van der Waals surface area (Å²) >= 11 is 6.36. The molecular formula is C39H53ClN6O7. The first kappa shape index (κ1) is 40.4. The van der Waals surface area contributed by atoms with Gasteiger partial charge in [0.1, 0.15) is 12.4 Å². The fourth-order valence-electron chi connectivity index (χ4n) is 6.77. The number of anilines is 1. The number of nitrogens with zero attached hydrogens (tertiary/aromatic N) is 5. The van der Waals surface area contributed by atoms with Crippen LogP contribution in [0.25, 0.3) is 11.0 Å². The number of carbonyl (C=O) groups is 2. The lowest BCUT2D eigenvalue weighted by Crippen LogP contribution is -2.54. The second-order valence-electron chi connectivity index (χ2n) is 14.3. The van der Waals surface area contributed by atoms with Gasteiger partial charge in [-0.15, -0.1) is 6.42 Å². The minimum atomic E-state index is -0.710. The van der Waals surface area contributed by atoms with Gasteiger partial charge in [0.25, 0.3) is 0 Å². The topological polar surface area (TPSA) is 130 Å². The largest absolute Gasteiger partial charge is 0.379 e. The Hall–Kier alpha value is -3.77. The zero-order chi connectivity index (χ0) is 37.7. The molecule has 53 heavy (non-hydrogen) atoms. The average molecular weight is 753 g/mol. The number of piperidine rings is 1. The Morgan fingerprint density at radius 2 is 1.58 bits per heavy atom. The van der Waals surface area contributed by atoms with Crippen molar-refractivity contribution in [3.63, 3.8) is 0 Å². The molecule has 0 unspecified atom stereocenters. The number of nitrogens with one attached hydrogen (secondary N) is 1. The van der Waals surface area contributed by atoms with Crippen molar-refractivity contribution < 1.29 is 33.3 Å². The summed E-state index contributed by atoms with van der Waals surface area (Å²) in [6.45, 7) is 12.7. The van der Waals surface area contributed by atoms with E-state index in [2.05, 4.69) is 20.8 Å². The number of unbranched alkanes of at least 4 members (excludes halogenated alkanes) is 1. The van der Waals surface area contributed by atoms with Crippen molar-refractivity contribution in [1.82, 2.24) is 24.8 Å². The highest BCUT2D eigenvalue weighted by Gasteiger charge is 2.52. The molecular weight excluding hydrogens is 700 g/mol. The molecule has 2 aromatic heterocycles. The molecule has 1 fully saturated rings. The van der Waals surface area contributed by atoms with Gasteiger partial charge in [-0.05, 0) is 76.3 Å². The molecule has 0 aliphatic carbocycles. The van der Waals surface area contributed by atoms with E-state index in [0.717, 1.165) is 41.0 Å². The molecule has 1 spiro atoms. The van der Waals surface area contributed by atoms with Crippen LogP contribution in [0.3, 0.4) is 0 Å². The summed E-state index contributed by atoms with van der Waals surface area (Å²) < 4.78 is 29.6. The lowest BCUT2D eigenvalue weighted by Gasteiger charge is -2.39. The van der Waals surface area contributed by atoms with Gasteiger partial charge in [-0.2, -0.15) is 0 Å². The number of imidazole rings is 1. The van der Waals surface area contributed by atoms with Gasteiger partial charge in [-0.3, -0.25) is 9.78 Å². The third-order valence-electron chi connectivity index (χ3n) is 9.33. The lowest BCUT2D eigenvalue weighted by atomic mass is 9.74. The summed E-state index contributed by atoms with van der Waals surface area (Å²) in [4.78, 5) is 40.4. The number of hydrogen-bond acceptors (Lipinski definition) is 9. The number of aryl methyl sites for hydroxylation is 1. The van der Waals surface area contributed by atoms with E-state index in [0.29, 0.717) is 110 Å². The number of urea groups is 1. The second kappa shape index (κ2) is 19.5. The van der Waals surface area contributed by atoms with Crippen molar-refractivity contribution in [2.75, 3.05) is 84.1 Å². The monoisotopic (exact) mass is 752 g/mol. The number of likely N-dealkylation sites (tertiary alicyclic amines) is 1. The first-order valence-electron chi connectivity index (χ1n) is 18.4.